The van der Waals surface area contributed by atoms with Crippen molar-refractivity contribution in [2.45, 2.75) is 39.3 Å². The Kier molecular flexibility index (Phi) is 3.26. The van der Waals surface area contributed by atoms with Crippen molar-refractivity contribution in [1.82, 2.24) is 19.7 Å². The summed E-state index contributed by atoms with van der Waals surface area (Å²) in [6.07, 6.45) is 3.45. The van der Waals surface area contributed by atoms with E-state index in [-0.39, 0.29) is 11.8 Å². The van der Waals surface area contributed by atoms with Gasteiger partial charge >= 0.3 is 5.97 Å². The van der Waals surface area contributed by atoms with Crippen LogP contribution in [-0.2, 0) is 24.3 Å². The number of hydrogen-bond donors (Lipinski definition) is 1. The van der Waals surface area contributed by atoms with Gasteiger partial charge in [-0.2, -0.15) is 0 Å². The van der Waals surface area contributed by atoms with Crippen LogP contribution in [-0.4, -0.2) is 43.8 Å². The number of rotatable bonds is 4. The summed E-state index contributed by atoms with van der Waals surface area (Å²) in [5.41, 5.74) is 0. The summed E-state index contributed by atoms with van der Waals surface area (Å²) in [5, 5.41) is 17.5. The SMILES string of the molecule is CC(C(=O)O)C1CN(Cc2nnc3n2CCCC3)C1. The second-order valence-corrected chi connectivity index (χ2v) is 5.72. The number of carbonyl (C=O) groups is 1. The predicted molar refractivity (Wildman–Crippen MR) is 68.5 cm³/mol. The van der Waals surface area contributed by atoms with Crippen molar-refractivity contribution in [2.75, 3.05) is 13.1 Å². The molecular formula is C13H20N4O2. The largest absolute Gasteiger partial charge is 0.481 e. The average Bonchev–Trinajstić information content (AvgIpc) is 2.75. The highest BCUT2D eigenvalue weighted by Gasteiger charge is 2.35. The molecule has 3 rings (SSSR count). The van der Waals surface area contributed by atoms with Gasteiger partial charge in [0.2, 0.25) is 0 Å². The number of aromatic nitrogens is 3. The van der Waals surface area contributed by atoms with Crippen LogP contribution in [0.25, 0.3) is 0 Å². The third kappa shape index (κ3) is 2.36. The normalized spacial score (nSPS) is 21.7. The molecule has 0 aromatic carbocycles. The molecule has 2 aliphatic heterocycles. The van der Waals surface area contributed by atoms with Crippen LogP contribution in [0.3, 0.4) is 0 Å². The van der Waals surface area contributed by atoms with Gasteiger partial charge in [0.05, 0.1) is 12.5 Å². The summed E-state index contributed by atoms with van der Waals surface area (Å²) in [4.78, 5) is 13.2. The molecule has 0 radical (unpaired) electrons. The maximum Gasteiger partial charge on any atom is 0.306 e. The van der Waals surface area contributed by atoms with Crippen LogP contribution in [0.4, 0.5) is 0 Å². The van der Waals surface area contributed by atoms with Gasteiger partial charge < -0.3 is 9.67 Å². The molecular weight excluding hydrogens is 244 g/mol. The second-order valence-electron chi connectivity index (χ2n) is 5.72. The van der Waals surface area contributed by atoms with E-state index in [0.717, 1.165) is 44.2 Å². The summed E-state index contributed by atoms with van der Waals surface area (Å²) >= 11 is 0. The maximum absolute atomic E-state index is 10.9. The molecule has 0 aliphatic carbocycles. The lowest BCUT2D eigenvalue weighted by Crippen LogP contribution is -2.50. The summed E-state index contributed by atoms with van der Waals surface area (Å²) in [6.45, 7) is 5.34. The first-order valence-electron chi connectivity index (χ1n) is 7.01. The fraction of sp³-hybridized carbons (Fsp3) is 0.769. The highest BCUT2D eigenvalue weighted by atomic mass is 16.4. The second kappa shape index (κ2) is 4.92. The van der Waals surface area contributed by atoms with Crippen molar-refractivity contribution in [1.29, 1.82) is 0 Å². The smallest absolute Gasteiger partial charge is 0.306 e. The zero-order valence-electron chi connectivity index (χ0n) is 11.2. The molecule has 0 saturated carbocycles. The first-order valence-corrected chi connectivity index (χ1v) is 7.01. The number of carboxylic acid groups (broad SMARTS) is 1. The van der Waals surface area contributed by atoms with Crippen molar-refractivity contribution >= 4 is 5.97 Å². The molecule has 19 heavy (non-hydrogen) atoms. The van der Waals surface area contributed by atoms with Gasteiger partial charge in [-0.1, -0.05) is 6.92 Å². The van der Waals surface area contributed by atoms with E-state index in [9.17, 15) is 4.79 Å². The van der Waals surface area contributed by atoms with Crippen molar-refractivity contribution in [3.05, 3.63) is 11.6 Å². The third-order valence-electron chi connectivity index (χ3n) is 4.38. The van der Waals surface area contributed by atoms with Gasteiger partial charge in [-0.3, -0.25) is 9.69 Å². The highest BCUT2D eigenvalue weighted by Crippen LogP contribution is 2.26. The molecule has 0 bridgehead atoms. The fourth-order valence-electron chi connectivity index (χ4n) is 2.94. The van der Waals surface area contributed by atoms with E-state index in [1.165, 1.54) is 12.8 Å². The summed E-state index contributed by atoms with van der Waals surface area (Å²) < 4.78 is 2.23. The van der Waals surface area contributed by atoms with Gasteiger partial charge in [0, 0.05) is 26.1 Å². The third-order valence-corrected chi connectivity index (χ3v) is 4.38. The molecule has 1 fully saturated rings. The molecule has 1 saturated heterocycles. The molecule has 6 nitrogen and oxygen atoms in total. The maximum atomic E-state index is 10.9. The Morgan fingerprint density at radius 2 is 2.21 bits per heavy atom. The molecule has 1 unspecified atom stereocenters. The lowest BCUT2D eigenvalue weighted by molar-refractivity contribution is -0.145. The molecule has 1 aromatic heterocycles. The average molecular weight is 264 g/mol. The number of aryl methyl sites for hydroxylation is 1. The summed E-state index contributed by atoms with van der Waals surface area (Å²) in [5.74, 6) is 1.49. The Hall–Kier alpha value is -1.43. The quantitative estimate of drug-likeness (QED) is 0.869. The minimum Gasteiger partial charge on any atom is -0.481 e. The highest BCUT2D eigenvalue weighted by molar-refractivity contribution is 5.70. The molecule has 3 heterocycles. The fourth-order valence-corrected chi connectivity index (χ4v) is 2.94. The number of carboxylic acids is 1. The lowest BCUT2D eigenvalue weighted by Gasteiger charge is -2.41. The lowest BCUT2D eigenvalue weighted by atomic mass is 9.87. The first-order chi connectivity index (χ1) is 9.15. The zero-order chi connectivity index (χ0) is 13.4. The Balaban J connectivity index is 1.57. The molecule has 6 heteroatoms. The van der Waals surface area contributed by atoms with E-state index in [1.54, 1.807) is 6.92 Å². The van der Waals surface area contributed by atoms with E-state index in [2.05, 4.69) is 19.7 Å². The molecule has 0 spiro atoms. The van der Waals surface area contributed by atoms with Gasteiger partial charge in [-0.05, 0) is 18.8 Å². The number of hydrogen-bond acceptors (Lipinski definition) is 4. The van der Waals surface area contributed by atoms with Gasteiger partial charge in [-0.25, -0.2) is 0 Å². The molecule has 1 N–H and O–H groups in total. The Morgan fingerprint density at radius 3 is 2.95 bits per heavy atom. The summed E-state index contributed by atoms with van der Waals surface area (Å²) in [7, 11) is 0. The topological polar surface area (TPSA) is 71.2 Å². The number of likely N-dealkylation sites (tertiary alicyclic amines) is 1. The Labute approximate surface area is 112 Å². The zero-order valence-corrected chi connectivity index (χ0v) is 11.2. The van der Waals surface area contributed by atoms with Crippen LogP contribution >= 0.6 is 0 Å². The molecule has 0 amide bonds. The van der Waals surface area contributed by atoms with Crippen LogP contribution < -0.4 is 0 Å². The van der Waals surface area contributed by atoms with E-state index in [4.69, 9.17) is 5.11 Å². The first kappa shape index (κ1) is 12.6. The number of aliphatic carboxylic acids is 1. The minimum atomic E-state index is -0.690. The van der Waals surface area contributed by atoms with Crippen LogP contribution in [0.5, 0.6) is 0 Å². The molecule has 2 aliphatic rings. The molecule has 104 valence electrons. The van der Waals surface area contributed by atoms with E-state index < -0.39 is 5.97 Å². The van der Waals surface area contributed by atoms with Crippen molar-refractivity contribution < 1.29 is 9.90 Å². The Morgan fingerprint density at radius 1 is 1.42 bits per heavy atom. The van der Waals surface area contributed by atoms with Gasteiger partial charge in [0.15, 0.2) is 0 Å². The predicted octanol–water partition coefficient (Wildman–Crippen LogP) is 0.767. The van der Waals surface area contributed by atoms with Gasteiger partial charge in [0.1, 0.15) is 11.6 Å². The van der Waals surface area contributed by atoms with Crippen LogP contribution in [0.1, 0.15) is 31.4 Å². The van der Waals surface area contributed by atoms with Gasteiger partial charge in [-0.15, -0.1) is 10.2 Å². The van der Waals surface area contributed by atoms with Crippen molar-refractivity contribution in [2.24, 2.45) is 11.8 Å². The van der Waals surface area contributed by atoms with Crippen LogP contribution in [0.2, 0.25) is 0 Å². The molecule has 1 aromatic rings. The van der Waals surface area contributed by atoms with E-state index in [1.807, 2.05) is 0 Å². The standard InChI is InChI=1S/C13H20N4O2/c1-9(13(18)19)10-6-16(7-10)8-12-15-14-11-4-2-3-5-17(11)12/h9-10H,2-8H2,1H3,(H,18,19). The molecule has 1 atom stereocenters. The van der Waals surface area contributed by atoms with Crippen LogP contribution in [0, 0.1) is 11.8 Å². The number of fused-ring (bicyclic) bond motifs is 1. The monoisotopic (exact) mass is 264 g/mol. The number of nitrogens with zero attached hydrogens (tertiary/aromatic N) is 4. The van der Waals surface area contributed by atoms with E-state index >= 15 is 0 Å². The van der Waals surface area contributed by atoms with Crippen molar-refractivity contribution in [3.8, 4) is 0 Å². The van der Waals surface area contributed by atoms with Crippen molar-refractivity contribution in [3.63, 3.8) is 0 Å². The van der Waals surface area contributed by atoms with Crippen LogP contribution in [0.15, 0.2) is 0 Å². The minimum absolute atomic E-state index is 0.247. The summed E-state index contributed by atoms with van der Waals surface area (Å²) in [6, 6.07) is 0. The van der Waals surface area contributed by atoms with E-state index in [0.29, 0.717) is 0 Å². The Bertz CT molecular complexity index is 479. The van der Waals surface area contributed by atoms with Gasteiger partial charge in [0.25, 0.3) is 0 Å².